The molecule has 0 radical (unpaired) electrons. The molecule has 30 heavy (non-hydrogen) atoms. The fourth-order valence-corrected chi connectivity index (χ4v) is 4.97. The second-order valence-electron chi connectivity index (χ2n) is 8.62. The first-order valence-electron chi connectivity index (χ1n) is 11.4. The molecule has 2 aromatic carbocycles. The van der Waals surface area contributed by atoms with Crippen LogP contribution in [0.3, 0.4) is 0 Å². The molecule has 2 aromatic rings. The fraction of sp³-hybridized carbons (Fsp3) is 0.520. The van der Waals surface area contributed by atoms with Crippen LogP contribution in [0, 0.1) is 0 Å². The van der Waals surface area contributed by atoms with E-state index in [9.17, 15) is 0 Å². The van der Waals surface area contributed by atoms with E-state index in [4.69, 9.17) is 5.73 Å². The van der Waals surface area contributed by atoms with Crippen LogP contribution in [0.4, 0.5) is 11.4 Å². The predicted octanol–water partition coefficient (Wildman–Crippen LogP) is 4.08. The molecule has 0 aromatic heterocycles. The predicted molar refractivity (Wildman–Crippen MR) is 131 cm³/mol. The van der Waals surface area contributed by atoms with Crippen LogP contribution in [-0.4, -0.2) is 61.7 Å². The van der Waals surface area contributed by atoms with Gasteiger partial charge in [-0.05, 0) is 67.6 Å². The maximum Gasteiger partial charge on any atom is 0.0367 e. The SMILES string of the molecule is CCCN(CCN1CCN(c2ccccc2)CC1)[C@@H]1CCc2ccc(N)cc2C1.Cl. The Labute approximate surface area is 188 Å². The number of hydrogen-bond donors (Lipinski definition) is 1. The van der Waals surface area contributed by atoms with Crippen LogP contribution in [0.5, 0.6) is 0 Å². The summed E-state index contributed by atoms with van der Waals surface area (Å²) in [6.07, 6.45) is 4.85. The summed E-state index contributed by atoms with van der Waals surface area (Å²) in [4.78, 5) is 7.91. The molecule has 4 rings (SSSR count). The molecule has 1 aliphatic heterocycles. The molecule has 4 nitrogen and oxygen atoms in total. The number of aryl methyl sites for hydroxylation is 1. The largest absolute Gasteiger partial charge is 0.399 e. The summed E-state index contributed by atoms with van der Waals surface area (Å²) < 4.78 is 0. The molecule has 1 heterocycles. The number of rotatable bonds is 7. The van der Waals surface area contributed by atoms with Crippen molar-refractivity contribution in [2.75, 3.05) is 56.4 Å². The average molecular weight is 429 g/mol. The van der Waals surface area contributed by atoms with Crippen molar-refractivity contribution < 1.29 is 0 Å². The third-order valence-corrected chi connectivity index (χ3v) is 6.66. The number of nitrogens with two attached hydrogens (primary N) is 1. The van der Waals surface area contributed by atoms with E-state index in [1.807, 2.05) is 0 Å². The van der Waals surface area contributed by atoms with Crippen LogP contribution in [0.2, 0.25) is 0 Å². The molecule has 2 aliphatic rings. The highest BCUT2D eigenvalue weighted by atomic mass is 35.5. The van der Waals surface area contributed by atoms with Gasteiger partial charge in [-0.1, -0.05) is 31.2 Å². The first-order valence-corrected chi connectivity index (χ1v) is 11.4. The van der Waals surface area contributed by atoms with Gasteiger partial charge in [0.2, 0.25) is 0 Å². The molecule has 0 bridgehead atoms. The van der Waals surface area contributed by atoms with Crippen LogP contribution >= 0.6 is 12.4 Å². The molecule has 0 spiro atoms. The summed E-state index contributed by atoms with van der Waals surface area (Å²) in [6.45, 7) is 10.5. The summed E-state index contributed by atoms with van der Waals surface area (Å²) in [5.41, 5.74) is 11.3. The van der Waals surface area contributed by atoms with Crippen LogP contribution < -0.4 is 10.6 Å². The molecule has 0 saturated carbocycles. The Bertz CT molecular complexity index is 774. The van der Waals surface area contributed by atoms with Crippen LogP contribution in [0.25, 0.3) is 0 Å². The number of hydrogen-bond acceptors (Lipinski definition) is 4. The van der Waals surface area contributed by atoms with E-state index < -0.39 is 0 Å². The minimum absolute atomic E-state index is 0. The van der Waals surface area contributed by atoms with E-state index in [0.717, 1.165) is 25.2 Å². The Kier molecular flexibility index (Phi) is 8.43. The van der Waals surface area contributed by atoms with Gasteiger partial charge in [0.15, 0.2) is 0 Å². The number of fused-ring (bicyclic) bond motifs is 1. The molecule has 2 N–H and O–H groups in total. The summed E-state index contributed by atoms with van der Waals surface area (Å²) in [5.74, 6) is 0. The van der Waals surface area contributed by atoms with E-state index in [-0.39, 0.29) is 12.4 Å². The van der Waals surface area contributed by atoms with Crippen LogP contribution in [0.15, 0.2) is 48.5 Å². The number of anilines is 2. The highest BCUT2D eigenvalue weighted by Gasteiger charge is 2.25. The first kappa shape index (κ1) is 22.9. The molecular weight excluding hydrogens is 392 g/mol. The van der Waals surface area contributed by atoms with E-state index in [1.54, 1.807) is 0 Å². The number of benzene rings is 2. The first-order chi connectivity index (χ1) is 14.2. The number of nitrogen functional groups attached to an aromatic ring is 1. The normalized spacial score (nSPS) is 19.4. The summed E-state index contributed by atoms with van der Waals surface area (Å²) in [5, 5.41) is 0. The highest BCUT2D eigenvalue weighted by molar-refractivity contribution is 5.85. The van der Waals surface area contributed by atoms with Gasteiger partial charge < -0.3 is 10.6 Å². The van der Waals surface area contributed by atoms with Gasteiger partial charge in [0, 0.05) is 56.7 Å². The summed E-state index contributed by atoms with van der Waals surface area (Å²) in [7, 11) is 0. The van der Waals surface area contributed by atoms with Crippen molar-refractivity contribution in [3.63, 3.8) is 0 Å². The number of halogens is 1. The highest BCUT2D eigenvalue weighted by Crippen LogP contribution is 2.26. The van der Waals surface area contributed by atoms with Gasteiger partial charge >= 0.3 is 0 Å². The van der Waals surface area contributed by atoms with Gasteiger partial charge in [0.05, 0.1) is 0 Å². The maximum atomic E-state index is 6.05. The Balaban J connectivity index is 0.00000256. The van der Waals surface area contributed by atoms with Crippen molar-refractivity contribution >= 4 is 23.8 Å². The average Bonchev–Trinajstić information content (AvgIpc) is 2.77. The van der Waals surface area contributed by atoms with Gasteiger partial charge in [0.25, 0.3) is 0 Å². The van der Waals surface area contributed by atoms with Crippen molar-refractivity contribution in [3.8, 4) is 0 Å². The van der Waals surface area contributed by atoms with Gasteiger partial charge in [-0.15, -0.1) is 12.4 Å². The molecule has 1 saturated heterocycles. The molecule has 0 unspecified atom stereocenters. The lowest BCUT2D eigenvalue weighted by Gasteiger charge is -2.39. The zero-order valence-electron chi connectivity index (χ0n) is 18.3. The topological polar surface area (TPSA) is 35.7 Å². The van der Waals surface area contributed by atoms with Crippen LogP contribution in [0.1, 0.15) is 30.9 Å². The zero-order valence-corrected chi connectivity index (χ0v) is 19.1. The van der Waals surface area contributed by atoms with E-state index in [0.29, 0.717) is 6.04 Å². The third kappa shape index (κ3) is 5.69. The molecule has 1 atom stereocenters. The Morgan fingerprint density at radius 1 is 0.967 bits per heavy atom. The molecule has 1 aliphatic carbocycles. The van der Waals surface area contributed by atoms with Crippen LogP contribution in [-0.2, 0) is 12.8 Å². The summed E-state index contributed by atoms with van der Waals surface area (Å²) >= 11 is 0. The number of piperazine rings is 1. The molecule has 5 heteroatoms. The van der Waals surface area contributed by atoms with E-state index >= 15 is 0 Å². The van der Waals surface area contributed by atoms with Gasteiger partial charge in [-0.3, -0.25) is 9.80 Å². The Morgan fingerprint density at radius 2 is 1.73 bits per heavy atom. The van der Waals surface area contributed by atoms with E-state index in [2.05, 4.69) is 70.2 Å². The second kappa shape index (κ2) is 11.0. The number of nitrogens with zero attached hydrogens (tertiary/aromatic N) is 3. The van der Waals surface area contributed by atoms with Crippen molar-refractivity contribution in [1.29, 1.82) is 0 Å². The fourth-order valence-electron chi connectivity index (χ4n) is 4.97. The standard InChI is InChI=1S/C25H36N4.ClH/c1-2-12-28(25-11-9-21-8-10-23(26)19-22(21)20-25)16-13-27-14-17-29(18-15-27)24-6-4-3-5-7-24;/h3-8,10,19,25H,2,9,11-18,20,26H2,1H3;1H/t25-;/m1./s1. The lowest BCUT2D eigenvalue weighted by atomic mass is 9.87. The van der Waals surface area contributed by atoms with Gasteiger partial charge in [-0.25, -0.2) is 0 Å². The Morgan fingerprint density at radius 3 is 2.47 bits per heavy atom. The minimum atomic E-state index is 0. The second-order valence-corrected chi connectivity index (χ2v) is 8.62. The quantitative estimate of drug-likeness (QED) is 0.674. The van der Waals surface area contributed by atoms with E-state index in [1.165, 1.54) is 68.8 Å². The third-order valence-electron chi connectivity index (χ3n) is 6.66. The van der Waals surface area contributed by atoms with Crippen molar-refractivity contribution in [2.24, 2.45) is 0 Å². The Hall–Kier alpha value is -1.75. The lowest BCUT2D eigenvalue weighted by Crippen LogP contribution is -2.50. The summed E-state index contributed by atoms with van der Waals surface area (Å²) in [6, 6.07) is 18.0. The van der Waals surface area contributed by atoms with Crippen molar-refractivity contribution in [1.82, 2.24) is 9.80 Å². The molecule has 1 fully saturated rings. The van der Waals surface area contributed by atoms with Gasteiger partial charge in [0.1, 0.15) is 0 Å². The minimum Gasteiger partial charge on any atom is -0.399 e. The van der Waals surface area contributed by atoms with Crippen molar-refractivity contribution in [2.45, 2.75) is 38.6 Å². The lowest BCUT2D eigenvalue weighted by molar-refractivity contribution is 0.145. The number of para-hydroxylation sites is 1. The maximum absolute atomic E-state index is 6.05. The van der Waals surface area contributed by atoms with Gasteiger partial charge in [-0.2, -0.15) is 0 Å². The molecule has 164 valence electrons. The molecule has 0 amide bonds. The smallest absolute Gasteiger partial charge is 0.0367 e. The van der Waals surface area contributed by atoms with Crippen molar-refractivity contribution in [3.05, 3.63) is 59.7 Å². The molecular formula is C25H37ClN4. The monoisotopic (exact) mass is 428 g/mol. The zero-order chi connectivity index (χ0) is 20.1.